The lowest BCUT2D eigenvalue weighted by atomic mass is 9.99. The van der Waals surface area contributed by atoms with Gasteiger partial charge in [-0.25, -0.2) is 9.59 Å². The number of hydrogen-bond acceptors (Lipinski definition) is 4. The molecule has 0 radical (unpaired) electrons. The molecule has 0 aromatic carbocycles. The highest BCUT2D eigenvalue weighted by Gasteiger charge is 2.40. The fraction of sp³-hybridized carbons (Fsp3) is 0.818. The van der Waals surface area contributed by atoms with Gasteiger partial charge in [-0.2, -0.15) is 0 Å². The molecular weight excluding hydrogens is 226 g/mol. The van der Waals surface area contributed by atoms with Crippen LogP contribution in [0.5, 0.6) is 0 Å². The average molecular weight is 245 g/mol. The summed E-state index contributed by atoms with van der Waals surface area (Å²) in [5.74, 6) is -0.584. The molecule has 0 aliphatic carbocycles. The Morgan fingerprint density at radius 1 is 1.41 bits per heavy atom. The fourth-order valence-electron chi connectivity index (χ4n) is 1.63. The molecule has 17 heavy (non-hydrogen) atoms. The second-order valence-corrected chi connectivity index (χ2v) is 5.51. The van der Waals surface area contributed by atoms with Gasteiger partial charge in [-0.15, -0.1) is 0 Å². The summed E-state index contributed by atoms with van der Waals surface area (Å²) in [7, 11) is 0. The molecule has 0 unspecified atom stereocenters. The van der Waals surface area contributed by atoms with Gasteiger partial charge in [0, 0.05) is 6.42 Å². The van der Waals surface area contributed by atoms with E-state index in [9.17, 15) is 14.7 Å². The van der Waals surface area contributed by atoms with Crippen molar-refractivity contribution in [1.82, 2.24) is 4.90 Å². The molecule has 1 rings (SSSR count). The molecule has 1 saturated heterocycles. The lowest BCUT2D eigenvalue weighted by Gasteiger charge is -2.23. The van der Waals surface area contributed by atoms with Crippen molar-refractivity contribution in [3.05, 3.63) is 0 Å². The number of carbonyl (C=O) groups excluding carboxylic acids is 1. The Bertz CT molecular complexity index is 309. The molecule has 0 spiro atoms. The van der Waals surface area contributed by atoms with E-state index in [1.807, 2.05) is 20.8 Å². The van der Waals surface area contributed by atoms with Crippen LogP contribution in [-0.4, -0.2) is 52.5 Å². The normalized spacial score (nSPS) is 24.8. The van der Waals surface area contributed by atoms with Crippen LogP contribution in [-0.2, 0) is 9.53 Å². The van der Waals surface area contributed by atoms with Crippen molar-refractivity contribution in [3.63, 3.8) is 0 Å². The smallest absolute Gasteiger partial charge is 0.408 e. The quantitative estimate of drug-likeness (QED) is 0.699. The Morgan fingerprint density at radius 3 is 2.47 bits per heavy atom. The summed E-state index contributed by atoms with van der Waals surface area (Å²) >= 11 is 0. The van der Waals surface area contributed by atoms with Gasteiger partial charge in [-0.05, 0) is 5.41 Å². The van der Waals surface area contributed by atoms with Crippen LogP contribution < -0.4 is 0 Å². The van der Waals surface area contributed by atoms with Crippen LogP contribution in [0, 0.1) is 5.41 Å². The summed E-state index contributed by atoms with van der Waals surface area (Å²) < 4.78 is 5.06. The minimum Gasteiger partial charge on any atom is -0.465 e. The first-order valence-corrected chi connectivity index (χ1v) is 5.55. The maximum absolute atomic E-state index is 11.7. The Labute approximate surface area is 100 Å². The van der Waals surface area contributed by atoms with E-state index >= 15 is 0 Å². The van der Waals surface area contributed by atoms with Crippen LogP contribution >= 0.6 is 0 Å². The lowest BCUT2D eigenvalue weighted by molar-refractivity contribution is -0.151. The number of amides is 1. The van der Waals surface area contributed by atoms with Gasteiger partial charge in [-0.3, -0.25) is 4.90 Å². The van der Waals surface area contributed by atoms with E-state index in [1.165, 1.54) is 0 Å². The second kappa shape index (κ2) is 4.91. The van der Waals surface area contributed by atoms with Crippen molar-refractivity contribution in [2.75, 3.05) is 13.2 Å². The number of carboxylic acid groups (broad SMARTS) is 1. The van der Waals surface area contributed by atoms with Gasteiger partial charge in [0.2, 0.25) is 0 Å². The second-order valence-electron chi connectivity index (χ2n) is 5.51. The minimum atomic E-state index is -1.21. The molecule has 0 aromatic heterocycles. The summed E-state index contributed by atoms with van der Waals surface area (Å²) in [6.07, 6.45) is -1.90. The summed E-state index contributed by atoms with van der Waals surface area (Å²) in [6, 6.07) is -0.884. The maximum Gasteiger partial charge on any atom is 0.408 e. The van der Waals surface area contributed by atoms with Gasteiger partial charge in [0.1, 0.15) is 6.04 Å². The van der Waals surface area contributed by atoms with Gasteiger partial charge in [0.15, 0.2) is 0 Å². The molecule has 1 amide bonds. The van der Waals surface area contributed by atoms with Crippen molar-refractivity contribution in [3.8, 4) is 0 Å². The third-order valence-electron chi connectivity index (χ3n) is 2.44. The number of rotatable bonds is 2. The summed E-state index contributed by atoms with van der Waals surface area (Å²) in [6.45, 7) is 5.94. The highest BCUT2D eigenvalue weighted by molar-refractivity contribution is 5.81. The van der Waals surface area contributed by atoms with E-state index in [0.29, 0.717) is 0 Å². The van der Waals surface area contributed by atoms with Crippen LogP contribution in [0.25, 0.3) is 0 Å². The van der Waals surface area contributed by atoms with E-state index in [-0.39, 0.29) is 25.0 Å². The van der Waals surface area contributed by atoms with E-state index in [2.05, 4.69) is 0 Å². The SMILES string of the molecule is CC(C)(C)COC(=O)[C@H]1C[C@@H](O)CN1C(=O)O. The highest BCUT2D eigenvalue weighted by atomic mass is 16.5. The van der Waals surface area contributed by atoms with E-state index < -0.39 is 24.2 Å². The first-order valence-electron chi connectivity index (χ1n) is 5.55. The Kier molecular flexibility index (Phi) is 3.98. The highest BCUT2D eigenvalue weighted by Crippen LogP contribution is 2.21. The lowest BCUT2D eigenvalue weighted by Crippen LogP contribution is -2.41. The molecule has 0 aromatic rings. The van der Waals surface area contributed by atoms with Crippen LogP contribution in [0.4, 0.5) is 4.79 Å². The van der Waals surface area contributed by atoms with Crippen molar-refractivity contribution in [2.24, 2.45) is 5.41 Å². The van der Waals surface area contributed by atoms with Crippen LogP contribution in [0.1, 0.15) is 27.2 Å². The molecule has 6 heteroatoms. The predicted octanol–water partition coefficient (Wildman–Crippen LogP) is 0.689. The van der Waals surface area contributed by atoms with Gasteiger partial charge >= 0.3 is 12.1 Å². The standard InChI is InChI=1S/C11H19NO5/c1-11(2,3)6-17-9(14)8-4-7(13)5-12(8)10(15)16/h7-8,13H,4-6H2,1-3H3,(H,15,16)/t7-,8-/m1/s1. The molecule has 1 fully saturated rings. The molecule has 1 aliphatic rings. The number of esters is 1. The van der Waals surface area contributed by atoms with Gasteiger partial charge in [-0.1, -0.05) is 20.8 Å². The Morgan fingerprint density at radius 2 is 2.00 bits per heavy atom. The van der Waals surface area contributed by atoms with Crippen LogP contribution in [0.2, 0.25) is 0 Å². The molecular formula is C11H19NO5. The monoisotopic (exact) mass is 245 g/mol. The third-order valence-corrected chi connectivity index (χ3v) is 2.44. The number of nitrogens with zero attached hydrogens (tertiary/aromatic N) is 1. The first-order chi connectivity index (χ1) is 7.70. The third kappa shape index (κ3) is 3.89. The van der Waals surface area contributed by atoms with Crippen LogP contribution in [0.3, 0.4) is 0 Å². The van der Waals surface area contributed by atoms with Crippen molar-refractivity contribution >= 4 is 12.1 Å². The van der Waals surface area contributed by atoms with Gasteiger partial charge in [0.25, 0.3) is 0 Å². The first kappa shape index (κ1) is 13.8. The number of β-amino-alcohol motifs (C(OH)–C–C–N with tert-alkyl or cyclic N) is 1. The van der Waals surface area contributed by atoms with E-state index in [1.54, 1.807) is 0 Å². The molecule has 2 N–H and O–H groups in total. The van der Waals surface area contributed by atoms with Crippen molar-refractivity contribution < 1.29 is 24.5 Å². The number of aliphatic hydroxyl groups excluding tert-OH is 1. The molecule has 6 nitrogen and oxygen atoms in total. The zero-order valence-electron chi connectivity index (χ0n) is 10.3. The fourth-order valence-corrected chi connectivity index (χ4v) is 1.63. The van der Waals surface area contributed by atoms with Crippen molar-refractivity contribution in [1.29, 1.82) is 0 Å². The number of aliphatic hydroxyl groups is 1. The summed E-state index contributed by atoms with van der Waals surface area (Å²) in [4.78, 5) is 23.5. The zero-order chi connectivity index (χ0) is 13.2. The van der Waals surface area contributed by atoms with E-state index in [0.717, 1.165) is 4.90 Å². The predicted molar refractivity (Wildman–Crippen MR) is 59.6 cm³/mol. The topological polar surface area (TPSA) is 87.1 Å². The Balaban J connectivity index is 2.59. The van der Waals surface area contributed by atoms with Gasteiger partial charge in [0.05, 0.1) is 19.3 Å². The minimum absolute atomic E-state index is 0.0371. The number of likely N-dealkylation sites (tertiary alicyclic amines) is 1. The largest absolute Gasteiger partial charge is 0.465 e. The van der Waals surface area contributed by atoms with Crippen LogP contribution in [0.15, 0.2) is 0 Å². The molecule has 2 atom stereocenters. The molecule has 0 bridgehead atoms. The number of carbonyl (C=O) groups is 2. The van der Waals surface area contributed by atoms with Crippen molar-refractivity contribution in [2.45, 2.75) is 39.3 Å². The summed E-state index contributed by atoms with van der Waals surface area (Å²) in [5, 5.41) is 18.3. The van der Waals surface area contributed by atoms with Gasteiger partial charge < -0.3 is 14.9 Å². The zero-order valence-corrected chi connectivity index (χ0v) is 10.3. The maximum atomic E-state index is 11.7. The molecule has 98 valence electrons. The Hall–Kier alpha value is -1.30. The molecule has 1 aliphatic heterocycles. The number of hydrogen-bond donors (Lipinski definition) is 2. The molecule has 0 saturated carbocycles. The number of ether oxygens (including phenoxy) is 1. The van der Waals surface area contributed by atoms with E-state index in [4.69, 9.17) is 9.84 Å². The summed E-state index contributed by atoms with van der Waals surface area (Å²) in [5.41, 5.74) is -0.166. The molecule has 1 heterocycles. The average Bonchev–Trinajstić information content (AvgIpc) is 2.55.